The zero-order chi connectivity index (χ0) is 19.8. The predicted octanol–water partition coefficient (Wildman–Crippen LogP) is 4.21. The molecule has 0 aliphatic carbocycles. The number of hydrogen-bond donors (Lipinski definition) is 0. The Kier molecular flexibility index (Phi) is 7.14. The summed E-state index contributed by atoms with van der Waals surface area (Å²) >= 11 is 0. The molecule has 6 heteroatoms. The van der Waals surface area contributed by atoms with Crippen molar-refractivity contribution < 1.29 is 4.74 Å². The monoisotopic (exact) mass is 379 g/mol. The minimum atomic E-state index is 0.385. The molecule has 3 aromatic rings. The maximum absolute atomic E-state index is 5.23. The van der Waals surface area contributed by atoms with Gasteiger partial charge in [-0.25, -0.2) is 0 Å². The summed E-state index contributed by atoms with van der Waals surface area (Å²) in [5.74, 6) is 1.59. The van der Waals surface area contributed by atoms with Gasteiger partial charge in [0.05, 0.1) is 13.7 Å². The molecule has 0 bridgehead atoms. The van der Waals surface area contributed by atoms with Crippen LogP contribution in [0.1, 0.15) is 37.8 Å². The van der Waals surface area contributed by atoms with Gasteiger partial charge in [-0.3, -0.25) is 4.90 Å². The van der Waals surface area contributed by atoms with Crippen molar-refractivity contribution in [1.29, 1.82) is 0 Å². The molecule has 0 radical (unpaired) electrons. The molecule has 28 heavy (non-hydrogen) atoms. The number of ether oxygens (including phenoxy) is 1. The number of unbranched alkanes of at least 4 members (excludes halogenated alkanes) is 2. The Labute approximate surface area is 167 Å². The smallest absolute Gasteiger partial charge is 0.204 e. The van der Waals surface area contributed by atoms with E-state index in [0.717, 1.165) is 43.7 Å². The molecule has 0 N–H and O–H groups in total. The lowest BCUT2D eigenvalue weighted by atomic mass is 10.1. The maximum Gasteiger partial charge on any atom is 0.204 e. The lowest BCUT2D eigenvalue weighted by molar-refractivity contribution is 0.254. The van der Waals surface area contributed by atoms with Crippen LogP contribution in [-0.4, -0.2) is 45.8 Å². The number of aromatic nitrogens is 4. The van der Waals surface area contributed by atoms with Gasteiger partial charge < -0.3 is 4.74 Å². The minimum Gasteiger partial charge on any atom is -0.497 e. The Hall–Kier alpha value is -2.73. The third-order valence-corrected chi connectivity index (χ3v) is 5.11. The summed E-state index contributed by atoms with van der Waals surface area (Å²) in [6.45, 7) is 4.11. The van der Waals surface area contributed by atoms with Crippen LogP contribution < -0.4 is 4.74 Å². The van der Waals surface area contributed by atoms with Crippen molar-refractivity contribution >= 4 is 0 Å². The molecule has 1 unspecified atom stereocenters. The molecule has 0 spiro atoms. The van der Waals surface area contributed by atoms with Crippen LogP contribution in [0.2, 0.25) is 0 Å². The first-order valence-electron chi connectivity index (χ1n) is 9.85. The van der Waals surface area contributed by atoms with Gasteiger partial charge in [-0.2, -0.15) is 4.80 Å². The Balaban J connectivity index is 1.38. The summed E-state index contributed by atoms with van der Waals surface area (Å²) < 4.78 is 5.23. The van der Waals surface area contributed by atoms with E-state index in [1.165, 1.54) is 5.56 Å². The van der Waals surface area contributed by atoms with Gasteiger partial charge >= 0.3 is 0 Å². The van der Waals surface area contributed by atoms with Crippen LogP contribution in [0, 0.1) is 0 Å². The SMILES string of the molecule is COc1ccc(C(C)N(C)CCCCCn2nnc(-c3ccccc3)n2)cc1. The normalized spacial score (nSPS) is 12.3. The first-order chi connectivity index (χ1) is 13.7. The van der Waals surface area contributed by atoms with E-state index in [0.29, 0.717) is 11.9 Å². The molecule has 0 aliphatic heterocycles. The average Bonchev–Trinajstić information content (AvgIpc) is 3.22. The lowest BCUT2D eigenvalue weighted by Crippen LogP contribution is -2.23. The second kappa shape index (κ2) is 9.99. The van der Waals surface area contributed by atoms with E-state index >= 15 is 0 Å². The van der Waals surface area contributed by atoms with Crippen LogP contribution >= 0.6 is 0 Å². The summed E-state index contributed by atoms with van der Waals surface area (Å²) in [4.78, 5) is 4.09. The second-order valence-electron chi connectivity index (χ2n) is 7.07. The van der Waals surface area contributed by atoms with Crippen LogP contribution in [0.5, 0.6) is 5.75 Å². The fraction of sp³-hybridized carbons (Fsp3) is 0.409. The third-order valence-electron chi connectivity index (χ3n) is 5.11. The lowest BCUT2D eigenvalue weighted by Gasteiger charge is -2.25. The number of tetrazole rings is 1. The summed E-state index contributed by atoms with van der Waals surface area (Å²) in [7, 11) is 3.88. The van der Waals surface area contributed by atoms with Crippen molar-refractivity contribution in [3.05, 3.63) is 60.2 Å². The number of hydrogen-bond acceptors (Lipinski definition) is 5. The number of methoxy groups -OCH3 is 1. The number of benzene rings is 2. The second-order valence-corrected chi connectivity index (χ2v) is 7.07. The molecule has 2 aromatic carbocycles. The molecular weight excluding hydrogens is 350 g/mol. The summed E-state index contributed by atoms with van der Waals surface area (Å²) in [6.07, 6.45) is 3.34. The van der Waals surface area contributed by atoms with Gasteiger partial charge in [0.25, 0.3) is 0 Å². The standard InChI is InChI=1S/C22H29N5O/c1-18(19-12-14-21(28-3)15-13-19)26(2)16-8-5-9-17-27-24-22(23-25-27)20-10-6-4-7-11-20/h4,6-7,10-15,18H,5,8-9,16-17H2,1-3H3. The van der Waals surface area contributed by atoms with E-state index in [2.05, 4.69) is 46.4 Å². The van der Waals surface area contributed by atoms with Crippen molar-refractivity contribution in [1.82, 2.24) is 25.1 Å². The fourth-order valence-corrected chi connectivity index (χ4v) is 3.16. The number of nitrogens with zero attached hydrogens (tertiary/aromatic N) is 5. The molecule has 0 saturated carbocycles. The Bertz CT molecular complexity index is 832. The van der Waals surface area contributed by atoms with Gasteiger partial charge in [0.2, 0.25) is 5.82 Å². The Morgan fingerprint density at radius 2 is 1.75 bits per heavy atom. The molecule has 1 heterocycles. The van der Waals surface area contributed by atoms with Crippen LogP contribution in [0.3, 0.4) is 0 Å². The van der Waals surface area contributed by atoms with Crippen LogP contribution in [0.15, 0.2) is 54.6 Å². The molecule has 3 rings (SSSR count). The zero-order valence-electron chi connectivity index (χ0n) is 17.0. The van der Waals surface area contributed by atoms with Gasteiger partial charge in [0, 0.05) is 11.6 Å². The van der Waals surface area contributed by atoms with E-state index in [9.17, 15) is 0 Å². The Morgan fingerprint density at radius 1 is 1.00 bits per heavy atom. The van der Waals surface area contributed by atoms with Crippen molar-refractivity contribution in [3.8, 4) is 17.1 Å². The van der Waals surface area contributed by atoms with Crippen LogP contribution in [-0.2, 0) is 6.54 Å². The predicted molar refractivity (Wildman–Crippen MR) is 111 cm³/mol. The van der Waals surface area contributed by atoms with E-state index in [1.54, 1.807) is 11.9 Å². The highest BCUT2D eigenvalue weighted by atomic mass is 16.5. The highest BCUT2D eigenvalue weighted by Gasteiger charge is 2.11. The minimum absolute atomic E-state index is 0.385. The average molecular weight is 380 g/mol. The molecule has 0 saturated heterocycles. The number of rotatable bonds is 10. The maximum atomic E-state index is 5.23. The van der Waals surface area contributed by atoms with E-state index in [-0.39, 0.29) is 0 Å². The van der Waals surface area contributed by atoms with E-state index < -0.39 is 0 Å². The van der Waals surface area contributed by atoms with E-state index in [1.807, 2.05) is 42.5 Å². The molecule has 0 fully saturated rings. The zero-order valence-corrected chi connectivity index (χ0v) is 17.0. The van der Waals surface area contributed by atoms with Crippen molar-refractivity contribution in [3.63, 3.8) is 0 Å². The molecule has 1 atom stereocenters. The van der Waals surface area contributed by atoms with E-state index in [4.69, 9.17) is 4.74 Å². The topological polar surface area (TPSA) is 56.1 Å². The first-order valence-corrected chi connectivity index (χ1v) is 9.85. The fourth-order valence-electron chi connectivity index (χ4n) is 3.16. The van der Waals surface area contributed by atoms with Gasteiger partial charge in [-0.05, 0) is 56.3 Å². The molecule has 0 aliphatic rings. The quantitative estimate of drug-likeness (QED) is 0.494. The van der Waals surface area contributed by atoms with Crippen molar-refractivity contribution in [2.45, 2.75) is 38.8 Å². The molecule has 0 amide bonds. The highest BCUT2D eigenvalue weighted by Crippen LogP contribution is 2.22. The third kappa shape index (κ3) is 5.39. The molecular formula is C22H29N5O. The van der Waals surface area contributed by atoms with Gasteiger partial charge in [0.15, 0.2) is 0 Å². The van der Waals surface area contributed by atoms with Gasteiger partial charge in [0.1, 0.15) is 5.75 Å². The summed E-state index contributed by atoms with van der Waals surface area (Å²) in [5, 5.41) is 12.8. The first kappa shape index (κ1) is 20.0. The van der Waals surface area contributed by atoms with Crippen molar-refractivity contribution in [2.75, 3.05) is 20.7 Å². The number of aryl methyl sites for hydroxylation is 1. The van der Waals surface area contributed by atoms with Crippen molar-refractivity contribution in [2.24, 2.45) is 0 Å². The summed E-state index contributed by atoms with van der Waals surface area (Å²) in [6, 6.07) is 18.7. The molecule has 6 nitrogen and oxygen atoms in total. The van der Waals surface area contributed by atoms with Crippen LogP contribution in [0.25, 0.3) is 11.4 Å². The van der Waals surface area contributed by atoms with Gasteiger partial charge in [-0.1, -0.05) is 48.9 Å². The van der Waals surface area contributed by atoms with Crippen LogP contribution in [0.4, 0.5) is 0 Å². The molecule has 1 aromatic heterocycles. The molecule has 148 valence electrons. The highest BCUT2D eigenvalue weighted by molar-refractivity contribution is 5.52. The van der Waals surface area contributed by atoms with Gasteiger partial charge in [-0.15, -0.1) is 10.2 Å². The summed E-state index contributed by atoms with van der Waals surface area (Å²) in [5.41, 5.74) is 2.31. The Morgan fingerprint density at radius 3 is 2.46 bits per heavy atom. The largest absolute Gasteiger partial charge is 0.497 e.